The number of ether oxygens (including phenoxy) is 1. The second-order valence-corrected chi connectivity index (χ2v) is 15.6. The molecule has 1 fully saturated rings. The lowest BCUT2D eigenvalue weighted by Gasteiger charge is -2.24. The number of hydrogen-bond donors (Lipinski definition) is 3. The first-order chi connectivity index (χ1) is 28.6. The summed E-state index contributed by atoms with van der Waals surface area (Å²) in [7, 11) is -2.11. The number of nitrogens with one attached hydrogen (secondary N) is 3. The van der Waals surface area contributed by atoms with Gasteiger partial charge in [-0.2, -0.15) is 0 Å². The SMILES string of the molecule is CC/C=C\C/C=C\C/C=C\C/C=C\C/C=C\C/C=C\CCC(=O)NCCN(C)CCNP(=O)(OC[C@H]1OC(n2cc(C)c(=O)[nH]c2=O)C[C@@H]1N=[N+]=[N-])Oc1ccccc1. The van der Waals surface area contributed by atoms with Gasteiger partial charge in [0.15, 0.2) is 0 Å². The molecule has 3 N–H and O–H groups in total. The summed E-state index contributed by atoms with van der Waals surface area (Å²) in [5, 5.41) is 9.65. The topological polar surface area (TPSA) is 193 Å². The zero-order valence-corrected chi connectivity index (χ0v) is 35.5. The maximum absolute atomic E-state index is 14.0. The molecule has 16 heteroatoms. The van der Waals surface area contributed by atoms with Crippen LogP contribution in [0, 0.1) is 6.92 Å². The third kappa shape index (κ3) is 20.0. The average Bonchev–Trinajstić information content (AvgIpc) is 3.62. The minimum atomic E-state index is -3.99. The Morgan fingerprint density at radius 1 is 0.966 bits per heavy atom. The second-order valence-electron chi connectivity index (χ2n) is 13.8. The molecule has 0 radical (unpaired) electrons. The van der Waals surface area contributed by atoms with Crippen LogP contribution in [-0.4, -0.2) is 72.3 Å². The zero-order valence-electron chi connectivity index (χ0n) is 34.6. The smallest absolute Gasteiger partial charge is 0.413 e. The molecule has 0 spiro atoms. The summed E-state index contributed by atoms with van der Waals surface area (Å²) < 4.78 is 32.9. The van der Waals surface area contributed by atoms with E-state index in [1.807, 2.05) is 18.0 Å². The van der Waals surface area contributed by atoms with Crippen LogP contribution in [0.25, 0.3) is 10.4 Å². The molecule has 1 aliphatic heterocycles. The number of carbonyl (C=O) groups is 1. The van der Waals surface area contributed by atoms with Crippen LogP contribution < -0.4 is 26.2 Å². The number of aryl methyl sites for hydroxylation is 1. The number of H-pyrrole nitrogens is 1. The van der Waals surface area contributed by atoms with Gasteiger partial charge in [-0.3, -0.25) is 23.7 Å². The van der Waals surface area contributed by atoms with Crippen molar-refractivity contribution in [3.8, 4) is 5.75 Å². The molecule has 1 aromatic heterocycles. The van der Waals surface area contributed by atoms with Crippen LogP contribution in [0.4, 0.5) is 0 Å². The van der Waals surface area contributed by atoms with E-state index in [0.29, 0.717) is 43.8 Å². The fourth-order valence-electron chi connectivity index (χ4n) is 5.74. The van der Waals surface area contributed by atoms with Crippen LogP contribution in [0.3, 0.4) is 0 Å². The van der Waals surface area contributed by atoms with Crippen molar-refractivity contribution >= 4 is 13.7 Å². The van der Waals surface area contributed by atoms with E-state index in [-0.39, 0.29) is 25.5 Å². The number of rotatable bonds is 28. The Hall–Kier alpha value is -5.01. The van der Waals surface area contributed by atoms with Crippen LogP contribution >= 0.6 is 7.75 Å². The normalized spacial score (nSPS) is 18.3. The minimum Gasteiger partial charge on any atom is -0.413 e. The number of amides is 1. The maximum Gasteiger partial charge on any atom is 0.458 e. The number of aromatic nitrogens is 2. The fraction of sp³-hybridized carbons (Fsp3) is 0.465. The van der Waals surface area contributed by atoms with Crippen molar-refractivity contribution in [1.29, 1.82) is 0 Å². The van der Waals surface area contributed by atoms with Crippen LogP contribution in [0.15, 0.2) is 124 Å². The van der Waals surface area contributed by atoms with Crippen LogP contribution in [0.2, 0.25) is 0 Å². The van der Waals surface area contributed by atoms with Gasteiger partial charge in [-0.1, -0.05) is 103 Å². The van der Waals surface area contributed by atoms with Gasteiger partial charge in [0.2, 0.25) is 5.91 Å². The Balaban J connectivity index is 1.34. The molecule has 0 bridgehead atoms. The Kier molecular flexibility index (Phi) is 23.3. The summed E-state index contributed by atoms with van der Waals surface area (Å²) >= 11 is 0. The van der Waals surface area contributed by atoms with Crippen molar-refractivity contribution in [3.63, 3.8) is 0 Å². The van der Waals surface area contributed by atoms with Crippen LogP contribution in [-0.2, 0) is 18.6 Å². The van der Waals surface area contributed by atoms with Crippen LogP contribution in [0.1, 0.15) is 76.5 Å². The summed E-state index contributed by atoms with van der Waals surface area (Å²) in [4.78, 5) is 43.8. The van der Waals surface area contributed by atoms with Crippen molar-refractivity contribution in [1.82, 2.24) is 24.9 Å². The highest BCUT2D eigenvalue weighted by Gasteiger charge is 2.39. The van der Waals surface area contributed by atoms with Gasteiger partial charge < -0.3 is 19.5 Å². The third-order valence-electron chi connectivity index (χ3n) is 8.99. The van der Waals surface area contributed by atoms with E-state index < -0.39 is 37.4 Å². The quantitative estimate of drug-likeness (QED) is 0.0250. The number of hydrogen-bond acceptors (Lipinski definition) is 9. The number of azide groups is 1. The summed E-state index contributed by atoms with van der Waals surface area (Å²) in [6.07, 6.45) is 32.4. The van der Waals surface area contributed by atoms with Gasteiger partial charge in [-0.25, -0.2) is 14.4 Å². The lowest BCUT2D eigenvalue weighted by Crippen LogP contribution is -2.36. The molecule has 2 aromatic rings. The molecule has 2 heterocycles. The first-order valence-electron chi connectivity index (χ1n) is 20.2. The van der Waals surface area contributed by atoms with E-state index in [0.717, 1.165) is 38.5 Å². The van der Waals surface area contributed by atoms with E-state index in [4.69, 9.17) is 13.8 Å². The van der Waals surface area contributed by atoms with Gasteiger partial charge in [0.1, 0.15) is 12.0 Å². The molecule has 1 aliphatic rings. The molecule has 1 amide bonds. The van der Waals surface area contributed by atoms with Gasteiger partial charge in [0.25, 0.3) is 5.56 Å². The van der Waals surface area contributed by atoms with Crippen LogP contribution in [0.5, 0.6) is 5.75 Å². The number of para-hydroxylation sites is 1. The lowest BCUT2D eigenvalue weighted by atomic mass is 10.1. The molecule has 1 aromatic carbocycles. The molecule has 4 atom stereocenters. The number of allylic oxidation sites excluding steroid dienone is 12. The monoisotopic (exact) mass is 832 g/mol. The molecular formula is C43H61N8O7P. The summed E-state index contributed by atoms with van der Waals surface area (Å²) in [5.74, 6) is 0.289. The van der Waals surface area contributed by atoms with E-state index >= 15 is 0 Å². The highest BCUT2D eigenvalue weighted by atomic mass is 31.2. The van der Waals surface area contributed by atoms with E-state index in [2.05, 4.69) is 99.2 Å². The number of nitrogens with zero attached hydrogens (tertiary/aromatic N) is 5. The Bertz CT molecular complexity index is 1950. The molecule has 59 heavy (non-hydrogen) atoms. The molecule has 0 aliphatic carbocycles. The predicted molar refractivity (Wildman–Crippen MR) is 234 cm³/mol. The average molecular weight is 833 g/mol. The highest BCUT2D eigenvalue weighted by molar-refractivity contribution is 7.52. The number of aromatic amines is 1. The van der Waals surface area contributed by atoms with Crippen molar-refractivity contribution in [3.05, 3.63) is 146 Å². The maximum atomic E-state index is 14.0. The number of benzene rings is 1. The zero-order chi connectivity index (χ0) is 42.6. The Morgan fingerprint density at radius 3 is 2.17 bits per heavy atom. The van der Waals surface area contributed by atoms with Gasteiger partial charge in [0, 0.05) is 55.7 Å². The van der Waals surface area contributed by atoms with Gasteiger partial charge in [0.05, 0.1) is 18.8 Å². The molecule has 3 rings (SSSR count). The first kappa shape index (κ1) is 48.4. The molecule has 320 valence electrons. The molecule has 1 saturated heterocycles. The van der Waals surface area contributed by atoms with E-state index in [1.54, 1.807) is 37.3 Å². The van der Waals surface area contributed by atoms with Crippen molar-refractivity contribution in [2.75, 3.05) is 39.8 Å². The number of carbonyl (C=O) groups excluding carboxylic acids is 1. The third-order valence-corrected chi connectivity index (χ3v) is 10.5. The Labute approximate surface area is 347 Å². The van der Waals surface area contributed by atoms with E-state index in [9.17, 15) is 24.5 Å². The van der Waals surface area contributed by atoms with Crippen molar-refractivity contribution < 1.29 is 23.1 Å². The Morgan fingerprint density at radius 2 is 1.56 bits per heavy atom. The summed E-state index contributed by atoms with van der Waals surface area (Å²) in [5.41, 5.74) is 8.30. The predicted octanol–water partition coefficient (Wildman–Crippen LogP) is 8.13. The fourth-order valence-corrected chi connectivity index (χ4v) is 7.06. The van der Waals surface area contributed by atoms with Gasteiger partial charge >= 0.3 is 13.4 Å². The minimum absolute atomic E-state index is 0.0267. The lowest BCUT2D eigenvalue weighted by molar-refractivity contribution is -0.121. The highest BCUT2D eigenvalue weighted by Crippen LogP contribution is 2.45. The standard InChI is InChI=1S/C43H61N8O7P/c1-4-5-6-7-8-9-10-11-12-13-14-15-16-17-18-19-20-21-25-28-40(52)45-29-31-50(3)32-30-46-59(55,58-37-26-23-22-24-27-37)56-35-39-38(48-49-44)33-41(57-39)51-34-36(2)42(53)47-43(51)54/h5-6,8-9,11-12,14-15,17-18,20-24,26-27,34,38-39,41H,4,7,10,13,16,19,25,28-33,35H2,1-3H3,(H,45,52)(H,46,55)(H,47,53,54)/b6-5-,9-8-,12-11-,15-14-,18-17-,21-20-/t38-,39+,41?,59?/m0/s1. The molecule has 0 saturated carbocycles. The second kappa shape index (κ2) is 28.4. The first-order valence-corrected chi connectivity index (χ1v) is 21.8. The van der Waals surface area contributed by atoms with Crippen molar-refractivity contribution in [2.45, 2.75) is 90.0 Å². The molecular weight excluding hydrogens is 771 g/mol. The number of likely N-dealkylation sites (N-methyl/N-ethyl adjacent to an activating group) is 1. The van der Waals surface area contributed by atoms with Crippen molar-refractivity contribution in [2.24, 2.45) is 5.11 Å². The summed E-state index contributed by atoms with van der Waals surface area (Å²) in [6.45, 7) is 5.10. The van der Waals surface area contributed by atoms with E-state index in [1.165, 1.54) is 10.8 Å². The summed E-state index contributed by atoms with van der Waals surface area (Å²) in [6, 6.07) is 7.80. The largest absolute Gasteiger partial charge is 0.458 e. The van der Waals surface area contributed by atoms with Gasteiger partial charge in [-0.05, 0) is 76.6 Å². The molecule has 15 nitrogen and oxygen atoms in total. The molecule has 2 unspecified atom stereocenters. The van der Waals surface area contributed by atoms with Gasteiger partial charge in [-0.15, -0.1) is 0 Å².